The lowest BCUT2D eigenvalue weighted by Crippen LogP contribution is -2.45. The Morgan fingerprint density at radius 3 is 2.24 bits per heavy atom. The number of urea groups is 1. The van der Waals surface area contributed by atoms with Gasteiger partial charge in [-0.1, -0.05) is 26.0 Å². The first kappa shape index (κ1) is 17.0. The van der Waals surface area contributed by atoms with Gasteiger partial charge in [0.25, 0.3) is 0 Å². The maximum absolute atomic E-state index is 11.9. The van der Waals surface area contributed by atoms with E-state index >= 15 is 0 Å². The van der Waals surface area contributed by atoms with Crippen LogP contribution in [-0.2, 0) is 4.79 Å². The summed E-state index contributed by atoms with van der Waals surface area (Å²) in [7, 11) is 0. The van der Waals surface area contributed by atoms with E-state index in [-0.39, 0.29) is 12.5 Å². The molecule has 0 fully saturated rings. The first-order valence-corrected chi connectivity index (χ1v) is 7.10. The fourth-order valence-corrected chi connectivity index (χ4v) is 1.90. The average Bonchev–Trinajstić information content (AvgIpc) is 2.36. The number of amides is 2. The Morgan fingerprint density at radius 2 is 1.76 bits per heavy atom. The second-order valence-corrected chi connectivity index (χ2v) is 6.13. The smallest absolute Gasteiger partial charge is 0.319 e. The van der Waals surface area contributed by atoms with Crippen LogP contribution in [-0.4, -0.2) is 22.6 Å². The first-order chi connectivity index (χ1) is 9.69. The number of aliphatic carboxylic acids is 1. The number of carboxylic acid groups (broad SMARTS) is 1. The molecule has 0 saturated heterocycles. The number of carboxylic acids is 1. The highest BCUT2D eigenvalue weighted by Gasteiger charge is 2.21. The molecule has 5 heteroatoms. The summed E-state index contributed by atoms with van der Waals surface area (Å²) in [6.45, 7) is 7.83. The molecule has 0 saturated carbocycles. The Balaban J connectivity index is 2.54. The van der Waals surface area contributed by atoms with E-state index in [1.807, 2.05) is 24.3 Å². The Hall–Kier alpha value is -2.04. The Bertz CT molecular complexity index is 493. The van der Waals surface area contributed by atoms with Crippen LogP contribution in [0.15, 0.2) is 24.3 Å². The van der Waals surface area contributed by atoms with Crippen molar-refractivity contribution in [1.29, 1.82) is 0 Å². The zero-order chi connectivity index (χ0) is 16.0. The molecule has 1 rings (SSSR count). The van der Waals surface area contributed by atoms with Crippen LogP contribution in [0.25, 0.3) is 0 Å². The molecular weight excluding hydrogens is 268 g/mol. The van der Waals surface area contributed by atoms with E-state index in [0.29, 0.717) is 18.0 Å². The van der Waals surface area contributed by atoms with E-state index in [1.165, 1.54) is 5.56 Å². The van der Waals surface area contributed by atoms with E-state index in [1.54, 1.807) is 13.8 Å². The van der Waals surface area contributed by atoms with Gasteiger partial charge in [-0.15, -0.1) is 0 Å². The van der Waals surface area contributed by atoms with Gasteiger partial charge in [0.1, 0.15) is 0 Å². The van der Waals surface area contributed by atoms with Crippen LogP contribution in [0.5, 0.6) is 0 Å². The molecule has 0 radical (unpaired) electrons. The molecule has 0 spiro atoms. The predicted molar refractivity (Wildman–Crippen MR) is 83.6 cm³/mol. The lowest BCUT2D eigenvalue weighted by molar-refractivity contribution is -0.137. The first-order valence-electron chi connectivity index (χ1n) is 7.10. The molecule has 5 nitrogen and oxygen atoms in total. The molecule has 0 aliphatic carbocycles. The molecule has 0 bridgehead atoms. The lowest BCUT2D eigenvalue weighted by Gasteiger charge is -2.25. The Kier molecular flexibility index (Phi) is 5.76. The van der Waals surface area contributed by atoms with Crippen molar-refractivity contribution in [2.75, 3.05) is 5.32 Å². The van der Waals surface area contributed by atoms with Crippen molar-refractivity contribution in [2.24, 2.45) is 0 Å². The molecule has 0 heterocycles. The molecule has 1 aromatic carbocycles. The van der Waals surface area contributed by atoms with E-state index in [9.17, 15) is 9.59 Å². The maximum atomic E-state index is 11.9. The standard InChI is InChI=1S/C16H24N2O3/c1-11(2)12-5-7-13(8-6-12)17-15(21)18-16(3,4)10-9-14(19)20/h5-8,11H,9-10H2,1-4H3,(H,19,20)(H2,17,18,21). The number of hydrogen-bond acceptors (Lipinski definition) is 2. The Labute approximate surface area is 125 Å². The number of benzene rings is 1. The molecule has 0 aliphatic heterocycles. The molecule has 0 aliphatic rings. The summed E-state index contributed by atoms with van der Waals surface area (Å²) >= 11 is 0. The summed E-state index contributed by atoms with van der Waals surface area (Å²) in [6, 6.07) is 7.35. The fraction of sp³-hybridized carbons (Fsp3) is 0.500. The monoisotopic (exact) mass is 292 g/mol. The van der Waals surface area contributed by atoms with Crippen molar-refractivity contribution in [3.63, 3.8) is 0 Å². The minimum atomic E-state index is -0.866. The van der Waals surface area contributed by atoms with E-state index < -0.39 is 11.5 Å². The largest absolute Gasteiger partial charge is 0.481 e. The molecule has 0 unspecified atom stereocenters. The van der Waals surface area contributed by atoms with Crippen molar-refractivity contribution in [1.82, 2.24) is 5.32 Å². The molecule has 2 amide bonds. The normalized spacial score (nSPS) is 11.3. The maximum Gasteiger partial charge on any atom is 0.319 e. The van der Waals surface area contributed by atoms with Crippen LogP contribution < -0.4 is 10.6 Å². The summed E-state index contributed by atoms with van der Waals surface area (Å²) in [5.74, 6) is -0.419. The SMILES string of the molecule is CC(C)c1ccc(NC(=O)NC(C)(C)CCC(=O)O)cc1. The van der Waals surface area contributed by atoms with Crippen molar-refractivity contribution >= 4 is 17.7 Å². The third kappa shape index (κ3) is 6.29. The zero-order valence-corrected chi connectivity index (χ0v) is 13.1. The van der Waals surface area contributed by atoms with Gasteiger partial charge in [-0.05, 0) is 43.9 Å². The summed E-state index contributed by atoms with van der Waals surface area (Å²) in [5, 5.41) is 14.2. The Morgan fingerprint density at radius 1 is 1.19 bits per heavy atom. The molecule has 116 valence electrons. The number of carbonyl (C=O) groups is 2. The van der Waals surface area contributed by atoms with Gasteiger partial charge in [-0.3, -0.25) is 4.79 Å². The van der Waals surface area contributed by atoms with Crippen molar-refractivity contribution in [2.45, 2.75) is 52.0 Å². The third-order valence-electron chi connectivity index (χ3n) is 3.25. The van der Waals surface area contributed by atoms with Gasteiger partial charge in [0, 0.05) is 17.6 Å². The van der Waals surface area contributed by atoms with Gasteiger partial charge in [0.2, 0.25) is 0 Å². The van der Waals surface area contributed by atoms with Crippen LogP contribution in [0.3, 0.4) is 0 Å². The van der Waals surface area contributed by atoms with Crippen LogP contribution >= 0.6 is 0 Å². The second kappa shape index (κ2) is 7.11. The molecule has 1 aromatic rings. The minimum Gasteiger partial charge on any atom is -0.481 e. The number of rotatable bonds is 6. The van der Waals surface area contributed by atoms with Crippen molar-refractivity contribution in [3.05, 3.63) is 29.8 Å². The molecule has 3 N–H and O–H groups in total. The highest BCUT2D eigenvalue weighted by atomic mass is 16.4. The van der Waals surface area contributed by atoms with E-state index in [4.69, 9.17) is 5.11 Å². The van der Waals surface area contributed by atoms with Crippen molar-refractivity contribution in [3.8, 4) is 0 Å². The fourth-order valence-electron chi connectivity index (χ4n) is 1.90. The van der Waals surface area contributed by atoms with Gasteiger partial charge in [-0.25, -0.2) is 4.79 Å². The highest BCUT2D eigenvalue weighted by Crippen LogP contribution is 2.17. The van der Waals surface area contributed by atoms with Gasteiger partial charge in [0.05, 0.1) is 0 Å². The summed E-state index contributed by atoms with van der Waals surface area (Å²) in [6.07, 6.45) is 0.401. The third-order valence-corrected chi connectivity index (χ3v) is 3.25. The van der Waals surface area contributed by atoms with E-state index in [0.717, 1.165) is 0 Å². The van der Waals surface area contributed by atoms with Crippen LogP contribution in [0, 0.1) is 0 Å². The predicted octanol–water partition coefficient (Wildman–Crippen LogP) is 3.57. The quantitative estimate of drug-likeness (QED) is 0.750. The van der Waals surface area contributed by atoms with Gasteiger partial charge >= 0.3 is 12.0 Å². The molecule has 0 atom stereocenters. The number of carbonyl (C=O) groups excluding carboxylic acids is 1. The number of anilines is 1. The number of hydrogen-bond donors (Lipinski definition) is 3. The number of nitrogens with one attached hydrogen (secondary N) is 2. The summed E-state index contributed by atoms with van der Waals surface area (Å²) < 4.78 is 0. The molecular formula is C16H24N2O3. The van der Waals surface area contributed by atoms with Crippen LogP contribution in [0.4, 0.5) is 10.5 Å². The minimum absolute atomic E-state index is 0.0242. The topological polar surface area (TPSA) is 78.4 Å². The van der Waals surface area contributed by atoms with Gasteiger partial charge < -0.3 is 15.7 Å². The lowest BCUT2D eigenvalue weighted by atomic mass is 9.99. The molecule has 0 aromatic heterocycles. The van der Waals surface area contributed by atoms with Crippen LogP contribution in [0.1, 0.15) is 52.0 Å². The molecule has 21 heavy (non-hydrogen) atoms. The summed E-state index contributed by atoms with van der Waals surface area (Å²) in [5.41, 5.74) is 1.36. The average molecular weight is 292 g/mol. The second-order valence-electron chi connectivity index (χ2n) is 6.13. The van der Waals surface area contributed by atoms with Crippen molar-refractivity contribution < 1.29 is 14.7 Å². The van der Waals surface area contributed by atoms with Gasteiger partial charge in [0.15, 0.2) is 0 Å². The van der Waals surface area contributed by atoms with Crippen LogP contribution in [0.2, 0.25) is 0 Å². The van der Waals surface area contributed by atoms with E-state index in [2.05, 4.69) is 24.5 Å². The highest BCUT2D eigenvalue weighted by molar-refractivity contribution is 5.89. The summed E-state index contributed by atoms with van der Waals surface area (Å²) in [4.78, 5) is 22.5. The zero-order valence-electron chi connectivity index (χ0n) is 13.1. The van der Waals surface area contributed by atoms with Gasteiger partial charge in [-0.2, -0.15) is 0 Å².